The van der Waals surface area contributed by atoms with E-state index < -0.39 is 21.0 Å². The molecule has 5 heteroatoms. The Morgan fingerprint density at radius 3 is 2.25 bits per heavy atom. The van der Waals surface area contributed by atoms with Crippen molar-refractivity contribution in [2.45, 2.75) is 17.1 Å². The van der Waals surface area contributed by atoms with E-state index in [0.717, 1.165) is 10.8 Å². The van der Waals surface area contributed by atoms with Crippen molar-refractivity contribution in [2.24, 2.45) is 0 Å². The van der Waals surface area contributed by atoms with Crippen LogP contribution in [0.2, 0.25) is 0 Å². The van der Waals surface area contributed by atoms with Gasteiger partial charge >= 0.3 is 0 Å². The average molecular weight is 291 g/mol. The second kappa shape index (κ2) is 5.25. The van der Waals surface area contributed by atoms with E-state index in [-0.39, 0.29) is 4.90 Å². The van der Waals surface area contributed by atoms with Gasteiger partial charge in [0.25, 0.3) is 0 Å². The van der Waals surface area contributed by atoms with E-state index in [9.17, 15) is 13.2 Å². The first-order chi connectivity index (χ1) is 9.34. The molecule has 2 aromatic rings. The summed E-state index contributed by atoms with van der Waals surface area (Å²) in [6, 6.07) is 12.4. The molecule has 2 aromatic carbocycles. The maximum Gasteiger partial charge on any atom is 0.240 e. The number of carbonyl (C=O) groups excluding carboxylic acids is 1. The van der Waals surface area contributed by atoms with E-state index >= 15 is 0 Å². The summed E-state index contributed by atoms with van der Waals surface area (Å²) in [7, 11) is -0.565. The van der Waals surface area contributed by atoms with Crippen LogP contribution >= 0.6 is 0 Å². The Hall–Kier alpha value is -1.88. The number of hydrogen-bond acceptors (Lipinski definition) is 3. The fourth-order valence-electron chi connectivity index (χ4n) is 2.04. The van der Waals surface area contributed by atoms with Gasteiger partial charge in [-0.1, -0.05) is 30.3 Å². The van der Waals surface area contributed by atoms with Gasteiger partial charge in [-0.2, -0.15) is 0 Å². The minimum absolute atomic E-state index is 0.180. The van der Waals surface area contributed by atoms with Crippen LogP contribution in [0.4, 0.5) is 0 Å². The summed E-state index contributed by atoms with van der Waals surface area (Å²) in [5, 5.41) is 0.731. The van der Waals surface area contributed by atoms with Gasteiger partial charge in [0.15, 0.2) is 9.84 Å². The second-order valence-corrected chi connectivity index (χ2v) is 7.20. The van der Waals surface area contributed by atoms with Gasteiger partial charge < -0.3 is 4.90 Å². The van der Waals surface area contributed by atoms with Gasteiger partial charge in [-0.25, -0.2) is 8.42 Å². The van der Waals surface area contributed by atoms with Crippen LogP contribution in [0.5, 0.6) is 0 Å². The van der Waals surface area contributed by atoms with Gasteiger partial charge in [0.1, 0.15) is 5.25 Å². The summed E-state index contributed by atoms with van der Waals surface area (Å²) in [6.45, 7) is 1.42. The normalized spacial score (nSPS) is 13.2. The van der Waals surface area contributed by atoms with E-state index in [0.29, 0.717) is 0 Å². The van der Waals surface area contributed by atoms with E-state index in [1.807, 2.05) is 24.3 Å². The molecule has 0 bridgehead atoms. The highest BCUT2D eigenvalue weighted by molar-refractivity contribution is 7.92. The highest BCUT2D eigenvalue weighted by atomic mass is 32.2. The van der Waals surface area contributed by atoms with Crippen molar-refractivity contribution in [2.75, 3.05) is 14.1 Å². The Morgan fingerprint density at radius 1 is 1.05 bits per heavy atom. The SMILES string of the molecule is CC(C(=O)N(C)C)S(=O)(=O)c1ccc2ccccc2c1. The van der Waals surface area contributed by atoms with Crippen molar-refractivity contribution in [3.05, 3.63) is 42.5 Å². The highest BCUT2D eigenvalue weighted by Gasteiger charge is 2.30. The molecule has 4 nitrogen and oxygen atoms in total. The predicted octanol–water partition coefficient (Wildman–Crippen LogP) is 2.09. The zero-order valence-corrected chi connectivity index (χ0v) is 12.5. The third kappa shape index (κ3) is 2.54. The van der Waals surface area contributed by atoms with Gasteiger partial charge in [-0.3, -0.25) is 4.79 Å². The second-order valence-electron chi connectivity index (χ2n) is 4.93. The molecular weight excluding hydrogens is 274 g/mol. The standard InChI is InChI=1S/C15H17NO3S/c1-11(15(17)16(2)3)20(18,19)14-9-8-12-6-4-5-7-13(12)10-14/h4-11H,1-3H3. The molecule has 1 atom stereocenters. The molecular formula is C15H17NO3S. The fourth-order valence-corrected chi connectivity index (χ4v) is 3.48. The smallest absolute Gasteiger partial charge is 0.240 e. The fraction of sp³-hybridized carbons (Fsp3) is 0.267. The predicted molar refractivity (Wildman–Crippen MR) is 79.3 cm³/mol. The van der Waals surface area contributed by atoms with Crippen molar-refractivity contribution >= 4 is 26.5 Å². The molecule has 0 radical (unpaired) electrons. The van der Waals surface area contributed by atoms with E-state index in [2.05, 4.69) is 0 Å². The lowest BCUT2D eigenvalue weighted by molar-refractivity contribution is -0.127. The molecule has 0 aliphatic carbocycles. The van der Waals surface area contributed by atoms with Crippen LogP contribution in [-0.4, -0.2) is 38.6 Å². The first-order valence-corrected chi connectivity index (χ1v) is 7.82. The maximum atomic E-state index is 12.5. The van der Waals surface area contributed by atoms with Crippen LogP contribution < -0.4 is 0 Å². The number of rotatable bonds is 3. The van der Waals surface area contributed by atoms with Gasteiger partial charge in [0.2, 0.25) is 5.91 Å². The molecule has 0 aliphatic heterocycles. The molecule has 0 aromatic heterocycles. The lowest BCUT2D eigenvalue weighted by Gasteiger charge is -2.17. The molecule has 0 aliphatic rings. The number of benzene rings is 2. The van der Waals surface area contributed by atoms with Crippen molar-refractivity contribution in [1.82, 2.24) is 4.90 Å². The van der Waals surface area contributed by atoms with Crippen molar-refractivity contribution in [1.29, 1.82) is 0 Å². The quantitative estimate of drug-likeness (QED) is 0.870. The number of fused-ring (bicyclic) bond motifs is 1. The molecule has 2 rings (SSSR count). The summed E-state index contributed by atoms with van der Waals surface area (Å²) in [4.78, 5) is 13.3. The minimum Gasteiger partial charge on any atom is -0.348 e. The van der Waals surface area contributed by atoms with E-state index in [1.165, 1.54) is 11.8 Å². The molecule has 0 saturated heterocycles. The average Bonchev–Trinajstić information content (AvgIpc) is 2.44. The van der Waals surface area contributed by atoms with Crippen LogP contribution in [0, 0.1) is 0 Å². The van der Waals surface area contributed by atoms with E-state index in [4.69, 9.17) is 0 Å². The Morgan fingerprint density at radius 2 is 1.65 bits per heavy atom. The highest BCUT2D eigenvalue weighted by Crippen LogP contribution is 2.22. The zero-order chi connectivity index (χ0) is 14.9. The monoisotopic (exact) mass is 291 g/mol. The topological polar surface area (TPSA) is 54.5 Å². The Labute approximate surface area is 118 Å². The summed E-state index contributed by atoms with van der Waals surface area (Å²) < 4.78 is 24.9. The first-order valence-electron chi connectivity index (χ1n) is 6.28. The van der Waals surface area contributed by atoms with Crippen molar-refractivity contribution in [3.63, 3.8) is 0 Å². The van der Waals surface area contributed by atoms with Crippen LogP contribution in [-0.2, 0) is 14.6 Å². The summed E-state index contributed by atoms with van der Waals surface area (Å²) in [5.41, 5.74) is 0. The zero-order valence-electron chi connectivity index (χ0n) is 11.7. The summed E-state index contributed by atoms with van der Waals surface area (Å²) in [6.07, 6.45) is 0. The number of amides is 1. The Kier molecular flexibility index (Phi) is 3.81. The number of nitrogens with zero attached hydrogens (tertiary/aromatic N) is 1. The molecule has 0 N–H and O–H groups in total. The molecule has 0 heterocycles. The first kappa shape index (κ1) is 14.5. The molecule has 106 valence electrons. The van der Waals surface area contributed by atoms with Crippen LogP contribution in [0.1, 0.15) is 6.92 Å². The summed E-state index contributed by atoms with van der Waals surface area (Å²) in [5.74, 6) is -0.418. The lowest BCUT2D eigenvalue weighted by atomic mass is 10.1. The van der Waals surface area contributed by atoms with E-state index in [1.54, 1.807) is 32.3 Å². The largest absolute Gasteiger partial charge is 0.348 e. The van der Waals surface area contributed by atoms with Gasteiger partial charge in [0.05, 0.1) is 4.90 Å². The Bertz CT molecular complexity index is 751. The maximum absolute atomic E-state index is 12.5. The van der Waals surface area contributed by atoms with Gasteiger partial charge in [-0.15, -0.1) is 0 Å². The van der Waals surface area contributed by atoms with Crippen LogP contribution in [0.15, 0.2) is 47.4 Å². The molecule has 1 amide bonds. The minimum atomic E-state index is -3.67. The number of sulfone groups is 1. The third-order valence-electron chi connectivity index (χ3n) is 3.30. The van der Waals surface area contributed by atoms with Gasteiger partial charge in [-0.05, 0) is 29.8 Å². The summed E-state index contributed by atoms with van der Waals surface area (Å²) >= 11 is 0. The molecule has 0 spiro atoms. The number of carbonyl (C=O) groups is 1. The van der Waals surface area contributed by atoms with Crippen LogP contribution in [0.3, 0.4) is 0 Å². The molecule has 20 heavy (non-hydrogen) atoms. The van der Waals surface area contributed by atoms with Crippen LogP contribution in [0.25, 0.3) is 10.8 Å². The van der Waals surface area contributed by atoms with Crippen molar-refractivity contribution < 1.29 is 13.2 Å². The molecule has 0 fully saturated rings. The van der Waals surface area contributed by atoms with Crippen molar-refractivity contribution in [3.8, 4) is 0 Å². The Balaban J connectivity index is 2.49. The molecule has 1 unspecified atom stereocenters. The molecule has 0 saturated carbocycles. The van der Waals surface area contributed by atoms with Gasteiger partial charge in [0, 0.05) is 14.1 Å². The lowest BCUT2D eigenvalue weighted by Crippen LogP contribution is -2.37. The third-order valence-corrected chi connectivity index (χ3v) is 5.35. The number of hydrogen-bond donors (Lipinski definition) is 0.